The van der Waals surface area contributed by atoms with Gasteiger partial charge in [-0.05, 0) is 19.1 Å². The van der Waals surface area contributed by atoms with Gasteiger partial charge in [0.05, 0.1) is 18.0 Å². The van der Waals surface area contributed by atoms with Crippen LogP contribution in [0.5, 0.6) is 0 Å². The fraction of sp³-hybridized carbons (Fsp3) is 0.294. The fourth-order valence-electron chi connectivity index (χ4n) is 2.51. The van der Waals surface area contributed by atoms with Gasteiger partial charge >= 0.3 is 5.97 Å². The monoisotopic (exact) mass is 361 g/mol. The summed E-state index contributed by atoms with van der Waals surface area (Å²) in [5.41, 5.74) is 0.303. The van der Waals surface area contributed by atoms with Gasteiger partial charge in [0.2, 0.25) is 5.91 Å². The molecule has 2 aromatic rings. The van der Waals surface area contributed by atoms with Gasteiger partial charge in [-0.15, -0.1) is 0 Å². The van der Waals surface area contributed by atoms with E-state index in [4.69, 9.17) is 9.52 Å². The second-order valence-corrected chi connectivity index (χ2v) is 5.84. The third-order valence-electron chi connectivity index (χ3n) is 3.88. The Hall–Kier alpha value is -3.36. The summed E-state index contributed by atoms with van der Waals surface area (Å²) in [6, 6.07) is 7.54. The van der Waals surface area contributed by atoms with Crippen molar-refractivity contribution >= 4 is 23.3 Å². The lowest BCUT2D eigenvalue weighted by molar-refractivity contribution is -0.384. The minimum Gasteiger partial charge on any atom is -0.478 e. The third-order valence-corrected chi connectivity index (χ3v) is 3.88. The number of likely N-dealkylation sites (N-methyl/N-ethyl adjacent to an activating group) is 2. The lowest BCUT2D eigenvalue weighted by Crippen LogP contribution is -2.36. The van der Waals surface area contributed by atoms with E-state index in [0.29, 0.717) is 11.4 Å². The number of nitro groups is 1. The van der Waals surface area contributed by atoms with E-state index in [-0.39, 0.29) is 36.0 Å². The molecule has 0 radical (unpaired) electrons. The molecule has 2 rings (SSSR count). The predicted molar refractivity (Wildman–Crippen MR) is 93.2 cm³/mol. The van der Waals surface area contributed by atoms with Crippen molar-refractivity contribution in [1.82, 2.24) is 4.90 Å². The molecular weight excluding hydrogens is 342 g/mol. The molecule has 9 nitrogen and oxygen atoms in total. The zero-order valence-corrected chi connectivity index (χ0v) is 14.6. The first kappa shape index (κ1) is 19.0. The van der Waals surface area contributed by atoms with Crippen molar-refractivity contribution in [3.05, 3.63) is 57.5 Å². The zero-order chi connectivity index (χ0) is 19.4. The summed E-state index contributed by atoms with van der Waals surface area (Å²) >= 11 is 0. The summed E-state index contributed by atoms with van der Waals surface area (Å²) in [6.07, 6.45) is 0. The maximum Gasteiger partial charge on any atom is 0.339 e. The molecule has 0 aliphatic heterocycles. The van der Waals surface area contributed by atoms with E-state index in [1.807, 2.05) is 0 Å². The number of para-hydroxylation sites is 2. The number of aromatic carboxylic acids is 1. The number of nitro benzene ring substituents is 1. The van der Waals surface area contributed by atoms with Gasteiger partial charge in [0.15, 0.2) is 0 Å². The van der Waals surface area contributed by atoms with Crippen LogP contribution in [-0.4, -0.2) is 47.4 Å². The smallest absolute Gasteiger partial charge is 0.339 e. The van der Waals surface area contributed by atoms with Gasteiger partial charge in [-0.2, -0.15) is 0 Å². The molecule has 0 saturated carbocycles. The topological polar surface area (TPSA) is 117 Å². The highest BCUT2D eigenvalue weighted by atomic mass is 16.6. The Bertz CT molecular complexity index is 845. The Kier molecular flexibility index (Phi) is 5.61. The van der Waals surface area contributed by atoms with Crippen LogP contribution in [0.4, 0.5) is 11.4 Å². The van der Waals surface area contributed by atoms with Crippen LogP contribution >= 0.6 is 0 Å². The van der Waals surface area contributed by atoms with Crippen LogP contribution in [0, 0.1) is 17.0 Å². The normalized spacial score (nSPS) is 10.4. The van der Waals surface area contributed by atoms with Crippen molar-refractivity contribution in [3.8, 4) is 0 Å². The largest absolute Gasteiger partial charge is 0.478 e. The number of benzene rings is 1. The predicted octanol–water partition coefficient (Wildman–Crippen LogP) is 2.29. The molecule has 1 aromatic heterocycles. The van der Waals surface area contributed by atoms with Crippen LogP contribution in [0.2, 0.25) is 0 Å². The molecule has 1 heterocycles. The third kappa shape index (κ3) is 4.18. The highest BCUT2D eigenvalue weighted by molar-refractivity contribution is 5.89. The molecule has 0 unspecified atom stereocenters. The van der Waals surface area contributed by atoms with Gasteiger partial charge in [0, 0.05) is 20.2 Å². The lowest BCUT2D eigenvalue weighted by Gasteiger charge is -2.22. The summed E-state index contributed by atoms with van der Waals surface area (Å²) in [5.74, 6) is -0.770. The minimum absolute atomic E-state index is 0.0536. The number of aryl methyl sites for hydroxylation is 1. The summed E-state index contributed by atoms with van der Waals surface area (Å²) in [6.45, 7) is 1.56. The summed E-state index contributed by atoms with van der Waals surface area (Å²) in [7, 11) is 3.14. The van der Waals surface area contributed by atoms with Crippen LogP contribution in [0.3, 0.4) is 0 Å². The Labute approximate surface area is 149 Å². The van der Waals surface area contributed by atoms with Crippen LogP contribution < -0.4 is 4.90 Å². The van der Waals surface area contributed by atoms with E-state index in [2.05, 4.69) is 0 Å². The molecule has 0 spiro atoms. The van der Waals surface area contributed by atoms with Crippen molar-refractivity contribution in [2.45, 2.75) is 13.5 Å². The van der Waals surface area contributed by atoms with Gasteiger partial charge < -0.3 is 19.3 Å². The summed E-state index contributed by atoms with van der Waals surface area (Å²) in [4.78, 5) is 36.9. The number of furan rings is 1. The molecular formula is C17H19N3O6. The first-order chi connectivity index (χ1) is 12.2. The number of carbonyl (C=O) groups excluding carboxylic acids is 1. The average Bonchev–Trinajstić information content (AvgIpc) is 2.95. The Morgan fingerprint density at radius 1 is 1.27 bits per heavy atom. The molecule has 0 bridgehead atoms. The molecule has 0 atom stereocenters. The van der Waals surface area contributed by atoms with Gasteiger partial charge in [-0.25, -0.2) is 4.79 Å². The maximum atomic E-state index is 12.4. The van der Waals surface area contributed by atoms with E-state index in [9.17, 15) is 19.7 Å². The van der Waals surface area contributed by atoms with Crippen LogP contribution in [-0.2, 0) is 11.3 Å². The number of hydrogen-bond acceptors (Lipinski definition) is 6. The SMILES string of the molecule is Cc1oc(CN(C)C(=O)CN(C)c2ccccc2[N+](=O)[O-])cc1C(=O)O. The molecule has 138 valence electrons. The molecule has 0 fully saturated rings. The van der Waals surface area contributed by atoms with E-state index in [1.165, 1.54) is 28.9 Å². The molecule has 1 aromatic carbocycles. The zero-order valence-electron chi connectivity index (χ0n) is 14.6. The molecule has 0 saturated heterocycles. The number of amides is 1. The second kappa shape index (κ2) is 7.68. The number of anilines is 1. The molecule has 0 aliphatic carbocycles. The van der Waals surface area contributed by atoms with Crippen LogP contribution in [0.1, 0.15) is 21.9 Å². The lowest BCUT2D eigenvalue weighted by atomic mass is 10.2. The van der Waals surface area contributed by atoms with E-state index < -0.39 is 10.9 Å². The maximum absolute atomic E-state index is 12.4. The second-order valence-electron chi connectivity index (χ2n) is 5.84. The first-order valence-electron chi connectivity index (χ1n) is 7.71. The van der Waals surface area contributed by atoms with Crippen molar-refractivity contribution in [2.24, 2.45) is 0 Å². The highest BCUT2D eigenvalue weighted by Crippen LogP contribution is 2.26. The van der Waals surface area contributed by atoms with Crippen molar-refractivity contribution < 1.29 is 24.0 Å². The van der Waals surface area contributed by atoms with Crippen molar-refractivity contribution in [2.75, 3.05) is 25.5 Å². The van der Waals surface area contributed by atoms with Gasteiger partial charge in [-0.1, -0.05) is 12.1 Å². The summed E-state index contributed by atoms with van der Waals surface area (Å²) < 4.78 is 5.36. The average molecular weight is 361 g/mol. The fourth-order valence-corrected chi connectivity index (χ4v) is 2.51. The molecule has 9 heteroatoms. The Balaban J connectivity index is 2.06. The Morgan fingerprint density at radius 2 is 1.92 bits per heavy atom. The summed E-state index contributed by atoms with van der Waals surface area (Å²) in [5, 5.41) is 20.1. The minimum atomic E-state index is -1.09. The molecule has 0 aliphatic rings. The number of carbonyl (C=O) groups is 2. The standard InChI is InChI=1S/C17H19N3O6/c1-11-13(17(22)23)8-12(26-11)9-19(3)16(21)10-18(2)14-6-4-5-7-15(14)20(24)25/h4-8H,9-10H2,1-3H3,(H,22,23). The first-order valence-corrected chi connectivity index (χ1v) is 7.71. The highest BCUT2D eigenvalue weighted by Gasteiger charge is 2.21. The van der Waals surface area contributed by atoms with Crippen LogP contribution in [0.15, 0.2) is 34.7 Å². The number of hydrogen-bond donors (Lipinski definition) is 1. The van der Waals surface area contributed by atoms with E-state index >= 15 is 0 Å². The van der Waals surface area contributed by atoms with Gasteiger partial charge in [-0.3, -0.25) is 14.9 Å². The molecule has 26 heavy (non-hydrogen) atoms. The Morgan fingerprint density at radius 3 is 2.50 bits per heavy atom. The van der Waals surface area contributed by atoms with Crippen molar-refractivity contribution in [1.29, 1.82) is 0 Å². The van der Waals surface area contributed by atoms with E-state index in [0.717, 1.165) is 0 Å². The number of nitrogens with zero attached hydrogens (tertiary/aromatic N) is 3. The molecule has 1 N–H and O–H groups in total. The number of carboxylic acid groups (broad SMARTS) is 1. The van der Waals surface area contributed by atoms with Crippen molar-refractivity contribution in [3.63, 3.8) is 0 Å². The van der Waals surface area contributed by atoms with E-state index in [1.54, 1.807) is 32.3 Å². The van der Waals surface area contributed by atoms with Crippen LogP contribution in [0.25, 0.3) is 0 Å². The quantitative estimate of drug-likeness (QED) is 0.594. The molecule has 1 amide bonds. The van der Waals surface area contributed by atoms with Gasteiger partial charge in [0.1, 0.15) is 22.8 Å². The number of carboxylic acids is 1. The van der Waals surface area contributed by atoms with Gasteiger partial charge in [0.25, 0.3) is 5.69 Å². The number of rotatable bonds is 7.